The largest absolute Gasteiger partial charge is 0.390 e. The number of hydrogen-bond donors (Lipinski definition) is 1. The van der Waals surface area contributed by atoms with Crippen LogP contribution in [0.15, 0.2) is 0 Å². The average molecular weight is 130 g/mol. The summed E-state index contributed by atoms with van der Waals surface area (Å²) in [6.45, 7) is 5.22. The molecule has 0 radical (unpaired) electrons. The van der Waals surface area contributed by atoms with Crippen LogP contribution in [0.4, 0.5) is 0 Å². The van der Waals surface area contributed by atoms with E-state index in [1.54, 1.807) is 0 Å². The molecule has 1 fully saturated rings. The molecule has 9 heavy (non-hydrogen) atoms. The highest BCUT2D eigenvalue weighted by molar-refractivity contribution is 4.79. The van der Waals surface area contributed by atoms with Gasteiger partial charge in [0.25, 0.3) is 0 Å². The van der Waals surface area contributed by atoms with Gasteiger partial charge in [-0.2, -0.15) is 0 Å². The van der Waals surface area contributed by atoms with Crippen molar-refractivity contribution in [3.8, 4) is 0 Å². The van der Waals surface area contributed by atoms with E-state index in [1.807, 2.05) is 13.8 Å². The first-order valence-electron chi connectivity index (χ1n) is 3.41. The molecule has 2 heteroatoms. The molecule has 1 atom stereocenters. The van der Waals surface area contributed by atoms with Gasteiger partial charge in [-0.05, 0) is 20.3 Å². The number of hydrogen-bond acceptors (Lipinski definition) is 2. The summed E-state index contributed by atoms with van der Waals surface area (Å²) in [7, 11) is 0. The van der Waals surface area contributed by atoms with Crippen molar-refractivity contribution in [2.45, 2.75) is 25.9 Å². The van der Waals surface area contributed by atoms with E-state index in [0.717, 1.165) is 19.6 Å². The molecule has 0 aromatic heterocycles. The third-order valence-corrected chi connectivity index (χ3v) is 1.93. The predicted molar refractivity (Wildman–Crippen MR) is 35.2 cm³/mol. The molecule has 0 saturated carbocycles. The molecule has 1 rings (SSSR count). The molecule has 0 aromatic carbocycles. The molecule has 0 spiro atoms. The second-order valence-electron chi connectivity index (χ2n) is 3.21. The molecule has 2 nitrogen and oxygen atoms in total. The first kappa shape index (κ1) is 7.03. The summed E-state index contributed by atoms with van der Waals surface area (Å²) < 4.78 is 5.12. The molecule has 1 aliphatic rings. The van der Waals surface area contributed by atoms with Crippen LogP contribution in [-0.2, 0) is 4.74 Å². The Bertz CT molecular complexity index is 87.6. The molecule has 54 valence electrons. The Labute approximate surface area is 55.8 Å². The van der Waals surface area contributed by atoms with Crippen LogP contribution in [0.3, 0.4) is 0 Å². The molecule has 0 unspecified atom stereocenters. The molecule has 0 aromatic rings. The quantitative estimate of drug-likeness (QED) is 0.568. The van der Waals surface area contributed by atoms with Gasteiger partial charge in [0.05, 0.1) is 12.2 Å². The van der Waals surface area contributed by atoms with Gasteiger partial charge in [0, 0.05) is 12.5 Å². The summed E-state index contributed by atoms with van der Waals surface area (Å²) in [5.41, 5.74) is -0.545. The molecule has 0 bridgehead atoms. The maximum absolute atomic E-state index is 9.44. The van der Waals surface area contributed by atoms with Crippen molar-refractivity contribution in [1.82, 2.24) is 0 Å². The van der Waals surface area contributed by atoms with Crippen molar-refractivity contribution in [3.05, 3.63) is 0 Å². The molecule has 1 saturated heterocycles. The van der Waals surface area contributed by atoms with Crippen LogP contribution in [0, 0.1) is 5.92 Å². The summed E-state index contributed by atoms with van der Waals surface area (Å²) in [6, 6.07) is 0. The normalized spacial score (nSPS) is 29.0. The predicted octanol–water partition coefficient (Wildman–Crippen LogP) is 0.794. The summed E-state index contributed by atoms with van der Waals surface area (Å²) in [6.07, 6.45) is 1.00. The summed E-state index contributed by atoms with van der Waals surface area (Å²) in [4.78, 5) is 0. The summed E-state index contributed by atoms with van der Waals surface area (Å²) in [5.74, 6) is 0.345. The van der Waals surface area contributed by atoms with Crippen LogP contribution in [0.5, 0.6) is 0 Å². The molecule has 1 N–H and O–H groups in total. The van der Waals surface area contributed by atoms with Crippen LogP contribution < -0.4 is 0 Å². The Morgan fingerprint density at radius 3 is 2.44 bits per heavy atom. The maximum Gasteiger partial charge on any atom is 0.0642 e. The maximum atomic E-state index is 9.44. The number of aliphatic hydroxyl groups is 1. The van der Waals surface area contributed by atoms with E-state index in [0.29, 0.717) is 5.92 Å². The fourth-order valence-corrected chi connectivity index (χ4v) is 1.09. The van der Waals surface area contributed by atoms with Gasteiger partial charge in [-0.15, -0.1) is 0 Å². The first-order valence-corrected chi connectivity index (χ1v) is 3.41. The minimum atomic E-state index is -0.545. The Morgan fingerprint density at radius 2 is 2.22 bits per heavy atom. The van der Waals surface area contributed by atoms with Crippen molar-refractivity contribution >= 4 is 0 Å². The highest BCUT2D eigenvalue weighted by Crippen LogP contribution is 2.24. The molecule has 0 aliphatic carbocycles. The van der Waals surface area contributed by atoms with Crippen LogP contribution in [0.1, 0.15) is 20.3 Å². The molecular formula is C7H14O2. The van der Waals surface area contributed by atoms with Gasteiger partial charge < -0.3 is 9.84 Å². The smallest absolute Gasteiger partial charge is 0.0642 e. The summed E-state index contributed by atoms with van der Waals surface area (Å²) in [5, 5.41) is 9.44. The monoisotopic (exact) mass is 130 g/mol. The van der Waals surface area contributed by atoms with E-state index < -0.39 is 5.60 Å². The highest BCUT2D eigenvalue weighted by Gasteiger charge is 2.29. The van der Waals surface area contributed by atoms with E-state index in [-0.39, 0.29) is 0 Å². The van der Waals surface area contributed by atoms with Gasteiger partial charge in [-0.3, -0.25) is 0 Å². The van der Waals surface area contributed by atoms with E-state index >= 15 is 0 Å². The molecular weight excluding hydrogens is 116 g/mol. The number of rotatable bonds is 1. The van der Waals surface area contributed by atoms with E-state index in [4.69, 9.17) is 4.74 Å². The number of ether oxygens (including phenoxy) is 1. The van der Waals surface area contributed by atoms with Crippen LogP contribution in [-0.4, -0.2) is 23.9 Å². The molecule has 1 heterocycles. The standard InChI is InChI=1S/C7H14O2/c1-7(2,8)6-3-4-9-5-6/h6,8H,3-5H2,1-2H3/t6-/m0/s1. The fourth-order valence-electron chi connectivity index (χ4n) is 1.09. The minimum Gasteiger partial charge on any atom is -0.390 e. The van der Waals surface area contributed by atoms with Crippen molar-refractivity contribution < 1.29 is 9.84 Å². The molecule has 0 amide bonds. The Hall–Kier alpha value is -0.0800. The Morgan fingerprint density at radius 1 is 1.56 bits per heavy atom. The van der Waals surface area contributed by atoms with Crippen molar-refractivity contribution in [1.29, 1.82) is 0 Å². The van der Waals surface area contributed by atoms with Crippen LogP contribution >= 0.6 is 0 Å². The molecule has 1 aliphatic heterocycles. The lowest BCUT2D eigenvalue weighted by Gasteiger charge is -2.23. The zero-order chi connectivity index (χ0) is 6.91. The van der Waals surface area contributed by atoms with Gasteiger partial charge in [0.2, 0.25) is 0 Å². The van der Waals surface area contributed by atoms with Crippen LogP contribution in [0.2, 0.25) is 0 Å². The minimum absolute atomic E-state index is 0.345. The SMILES string of the molecule is CC(C)(O)[C@H]1CCOC1. The topological polar surface area (TPSA) is 29.5 Å². The summed E-state index contributed by atoms with van der Waals surface area (Å²) >= 11 is 0. The van der Waals surface area contributed by atoms with Crippen LogP contribution in [0.25, 0.3) is 0 Å². The highest BCUT2D eigenvalue weighted by atomic mass is 16.5. The van der Waals surface area contributed by atoms with Gasteiger partial charge in [0.15, 0.2) is 0 Å². The van der Waals surface area contributed by atoms with Gasteiger partial charge in [-0.1, -0.05) is 0 Å². The van der Waals surface area contributed by atoms with Gasteiger partial charge in [-0.25, -0.2) is 0 Å². The third kappa shape index (κ3) is 1.66. The Kier molecular flexibility index (Phi) is 1.78. The lowest BCUT2D eigenvalue weighted by Crippen LogP contribution is -2.30. The van der Waals surface area contributed by atoms with E-state index in [1.165, 1.54) is 0 Å². The van der Waals surface area contributed by atoms with Gasteiger partial charge in [0.1, 0.15) is 0 Å². The Balaban J connectivity index is 2.42. The van der Waals surface area contributed by atoms with Crippen molar-refractivity contribution in [3.63, 3.8) is 0 Å². The first-order chi connectivity index (χ1) is 4.11. The van der Waals surface area contributed by atoms with Crippen molar-refractivity contribution in [2.24, 2.45) is 5.92 Å². The average Bonchev–Trinajstić information content (AvgIpc) is 2.08. The second-order valence-corrected chi connectivity index (χ2v) is 3.21. The van der Waals surface area contributed by atoms with E-state index in [2.05, 4.69) is 0 Å². The van der Waals surface area contributed by atoms with Gasteiger partial charge >= 0.3 is 0 Å². The van der Waals surface area contributed by atoms with E-state index in [9.17, 15) is 5.11 Å². The lowest BCUT2D eigenvalue weighted by molar-refractivity contribution is 0.0123. The zero-order valence-corrected chi connectivity index (χ0v) is 6.05. The third-order valence-electron chi connectivity index (χ3n) is 1.93. The second kappa shape index (κ2) is 2.27. The zero-order valence-electron chi connectivity index (χ0n) is 6.05. The lowest BCUT2D eigenvalue weighted by atomic mass is 9.91. The fraction of sp³-hybridized carbons (Fsp3) is 1.00. The van der Waals surface area contributed by atoms with Crippen molar-refractivity contribution in [2.75, 3.05) is 13.2 Å².